The predicted octanol–water partition coefficient (Wildman–Crippen LogP) is 1.34. The maximum atomic E-state index is 12.5. The molecule has 0 spiro atoms. The summed E-state index contributed by atoms with van der Waals surface area (Å²) in [7, 11) is 0. The summed E-state index contributed by atoms with van der Waals surface area (Å²) in [5.74, 6) is -0.387. The highest BCUT2D eigenvalue weighted by molar-refractivity contribution is 7.98. The lowest BCUT2D eigenvalue weighted by Crippen LogP contribution is -2.46. The molecule has 1 aromatic carbocycles. The molecule has 1 fully saturated rings. The van der Waals surface area contributed by atoms with Crippen LogP contribution in [0.25, 0.3) is 0 Å². The van der Waals surface area contributed by atoms with Gasteiger partial charge in [0.25, 0.3) is 5.91 Å². The van der Waals surface area contributed by atoms with Gasteiger partial charge in [-0.3, -0.25) is 4.79 Å². The van der Waals surface area contributed by atoms with Gasteiger partial charge in [-0.15, -0.1) is 0 Å². The van der Waals surface area contributed by atoms with Crippen LogP contribution >= 0.6 is 11.8 Å². The molecule has 0 saturated heterocycles. The van der Waals surface area contributed by atoms with E-state index in [0.29, 0.717) is 17.7 Å². The molecule has 25 heavy (non-hydrogen) atoms. The van der Waals surface area contributed by atoms with E-state index in [2.05, 4.69) is 10.6 Å². The Balaban J connectivity index is 2.11. The zero-order valence-corrected chi connectivity index (χ0v) is 14.9. The van der Waals surface area contributed by atoms with Gasteiger partial charge in [0.2, 0.25) is 6.10 Å². The highest BCUT2D eigenvalue weighted by atomic mass is 32.2. The molecule has 0 aromatic heterocycles. The maximum absolute atomic E-state index is 12.5. The minimum atomic E-state index is -1.05. The highest BCUT2D eigenvalue weighted by Gasteiger charge is 2.32. The van der Waals surface area contributed by atoms with Gasteiger partial charge >= 0.3 is 12.0 Å². The summed E-state index contributed by atoms with van der Waals surface area (Å²) in [6.45, 7) is 0. The van der Waals surface area contributed by atoms with Crippen molar-refractivity contribution in [3.05, 3.63) is 35.9 Å². The fourth-order valence-corrected chi connectivity index (χ4v) is 2.73. The van der Waals surface area contributed by atoms with Crippen LogP contribution in [0, 0.1) is 0 Å². The number of hydrogen-bond acceptors (Lipinski definition) is 5. The highest BCUT2D eigenvalue weighted by Crippen LogP contribution is 2.23. The summed E-state index contributed by atoms with van der Waals surface area (Å²) >= 11 is 1.53. The van der Waals surface area contributed by atoms with E-state index in [-0.39, 0.29) is 11.9 Å². The van der Waals surface area contributed by atoms with Gasteiger partial charge in [-0.25, -0.2) is 9.59 Å². The van der Waals surface area contributed by atoms with Crippen LogP contribution in [0.15, 0.2) is 30.3 Å². The molecule has 2 atom stereocenters. The molecule has 0 bridgehead atoms. The Morgan fingerprint density at radius 1 is 1.28 bits per heavy atom. The molecule has 4 N–H and O–H groups in total. The van der Waals surface area contributed by atoms with E-state index in [4.69, 9.17) is 10.5 Å². The summed E-state index contributed by atoms with van der Waals surface area (Å²) in [6.07, 6.45) is 3.07. The molecule has 0 heterocycles. The number of hydrogen-bond donors (Lipinski definition) is 3. The number of ether oxygens (including phenoxy) is 1. The second kappa shape index (κ2) is 9.31. The van der Waals surface area contributed by atoms with Crippen molar-refractivity contribution in [3.63, 3.8) is 0 Å². The molecule has 2 rings (SSSR count). The number of primary amides is 1. The van der Waals surface area contributed by atoms with Gasteiger partial charge in [-0.2, -0.15) is 11.8 Å². The molecular formula is C17H23N3O4S. The molecule has 0 unspecified atom stereocenters. The second-order valence-electron chi connectivity index (χ2n) is 5.85. The number of nitrogens with two attached hydrogens (primary N) is 1. The van der Waals surface area contributed by atoms with E-state index in [1.165, 1.54) is 11.8 Å². The van der Waals surface area contributed by atoms with Crippen LogP contribution in [0.4, 0.5) is 4.79 Å². The van der Waals surface area contributed by atoms with E-state index in [1.54, 1.807) is 24.3 Å². The lowest BCUT2D eigenvalue weighted by atomic mass is 10.1. The Morgan fingerprint density at radius 2 is 1.96 bits per heavy atom. The number of benzene rings is 1. The van der Waals surface area contributed by atoms with Gasteiger partial charge < -0.3 is 21.1 Å². The SMILES string of the molecule is CSCC[C@@H](NC(N)=O)C(=O)O[C@H](C(=O)NC1CC1)c1ccccc1. The molecule has 136 valence electrons. The van der Waals surface area contributed by atoms with E-state index in [9.17, 15) is 14.4 Å². The number of carbonyl (C=O) groups excluding carboxylic acids is 3. The minimum absolute atomic E-state index is 0.147. The van der Waals surface area contributed by atoms with E-state index in [0.717, 1.165) is 12.8 Å². The number of urea groups is 1. The normalized spacial score (nSPS) is 15.7. The first-order valence-electron chi connectivity index (χ1n) is 8.12. The van der Waals surface area contributed by atoms with Crippen molar-refractivity contribution >= 4 is 29.7 Å². The Labute approximate surface area is 151 Å². The van der Waals surface area contributed by atoms with Gasteiger partial charge in [0.05, 0.1) is 0 Å². The third kappa shape index (κ3) is 6.30. The van der Waals surface area contributed by atoms with E-state index in [1.807, 2.05) is 12.3 Å². The molecule has 0 aliphatic heterocycles. The summed E-state index contributed by atoms with van der Waals surface area (Å²) in [5.41, 5.74) is 5.72. The number of nitrogens with one attached hydrogen (secondary N) is 2. The zero-order chi connectivity index (χ0) is 18.2. The van der Waals surface area contributed by atoms with Crippen LogP contribution in [0.2, 0.25) is 0 Å². The molecule has 3 amide bonds. The summed E-state index contributed by atoms with van der Waals surface area (Å²) in [6, 6.07) is 7.27. The first kappa shape index (κ1) is 19.1. The van der Waals surface area contributed by atoms with Crippen LogP contribution in [-0.4, -0.2) is 42.0 Å². The number of amides is 3. The third-order valence-electron chi connectivity index (χ3n) is 3.71. The Morgan fingerprint density at radius 3 is 2.52 bits per heavy atom. The van der Waals surface area contributed by atoms with Crippen LogP contribution in [0.5, 0.6) is 0 Å². The number of esters is 1. The van der Waals surface area contributed by atoms with Crippen molar-refractivity contribution in [2.24, 2.45) is 5.73 Å². The van der Waals surface area contributed by atoms with Crippen LogP contribution in [0.1, 0.15) is 30.9 Å². The molecule has 8 heteroatoms. The van der Waals surface area contributed by atoms with Gasteiger partial charge in [0.1, 0.15) is 6.04 Å². The largest absolute Gasteiger partial charge is 0.446 e. The summed E-state index contributed by atoms with van der Waals surface area (Å²) < 4.78 is 5.46. The van der Waals surface area contributed by atoms with Crippen molar-refractivity contribution in [2.75, 3.05) is 12.0 Å². The Kier molecular flexibility index (Phi) is 7.12. The van der Waals surface area contributed by atoms with Crippen molar-refractivity contribution in [1.82, 2.24) is 10.6 Å². The second-order valence-corrected chi connectivity index (χ2v) is 6.84. The Bertz CT molecular complexity index is 607. The van der Waals surface area contributed by atoms with E-state index < -0.39 is 24.1 Å². The Hall–Kier alpha value is -2.22. The molecule has 1 aliphatic rings. The monoisotopic (exact) mass is 365 g/mol. The summed E-state index contributed by atoms with van der Waals surface area (Å²) in [5, 5.41) is 5.23. The van der Waals surface area contributed by atoms with Crippen molar-refractivity contribution < 1.29 is 19.1 Å². The number of carbonyl (C=O) groups is 3. The van der Waals surface area contributed by atoms with Crippen molar-refractivity contribution in [2.45, 2.75) is 37.5 Å². The standard InChI is InChI=1S/C17H23N3O4S/c1-25-10-9-13(20-17(18)23)16(22)24-14(11-5-3-2-4-6-11)15(21)19-12-7-8-12/h2-6,12-14H,7-10H2,1H3,(H,19,21)(H3,18,20,23)/t13-,14+/m1/s1. The first-order chi connectivity index (χ1) is 12.0. The fraction of sp³-hybridized carbons (Fsp3) is 0.471. The van der Waals surface area contributed by atoms with Crippen molar-refractivity contribution in [1.29, 1.82) is 0 Å². The lowest BCUT2D eigenvalue weighted by molar-refractivity contribution is -0.158. The van der Waals surface area contributed by atoms with Crippen LogP contribution in [-0.2, 0) is 14.3 Å². The third-order valence-corrected chi connectivity index (χ3v) is 4.35. The molecule has 0 radical (unpaired) electrons. The number of thioether (sulfide) groups is 1. The number of rotatable bonds is 9. The maximum Gasteiger partial charge on any atom is 0.329 e. The summed E-state index contributed by atoms with van der Waals surface area (Å²) in [4.78, 5) is 36.1. The first-order valence-corrected chi connectivity index (χ1v) is 9.51. The quantitative estimate of drug-likeness (QED) is 0.572. The van der Waals surface area contributed by atoms with E-state index >= 15 is 0 Å². The molecule has 1 aliphatic carbocycles. The van der Waals surface area contributed by atoms with Gasteiger partial charge in [0.15, 0.2) is 0 Å². The topological polar surface area (TPSA) is 111 Å². The van der Waals surface area contributed by atoms with Gasteiger partial charge in [0, 0.05) is 11.6 Å². The van der Waals surface area contributed by atoms with Crippen molar-refractivity contribution in [3.8, 4) is 0 Å². The minimum Gasteiger partial charge on any atom is -0.446 e. The molecule has 1 saturated carbocycles. The lowest BCUT2D eigenvalue weighted by Gasteiger charge is -2.22. The van der Waals surface area contributed by atoms with Crippen LogP contribution in [0.3, 0.4) is 0 Å². The average molecular weight is 365 g/mol. The van der Waals surface area contributed by atoms with Gasteiger partial charge in [-0.05, 0) is 31.3 Å². The molecule has 7 nitrogen and oxygen atoms in total. The smallest absolute Gasteiger partial charge is 0.329 e. The fourth-order valence-electron chi connectivity index (χ4n) is 2.26. The molecular weight excluding hydrogens is 342 g/mol. The van der Waals surface area contributed by atoms with Gasteiger partial charge in [-0.1, -0.05) is 30.3 Å². The average Bonchev–Trinajstić information content (AvgIpc) is 3.40. The zero-order valence-electron chi connectivity index (χ0n) is 14.1. The molecule has 1 aromatic rings. The predicted molar refractivity (Wildman–Crippen MR) is 95.9 cm³/mol. The van der Waals surface area contributed by atoms with Crippen LogP contribution < -0.4 is 16.4 Å².